The summed E-state index contributed by atoms with van der Waals surface area (Å²) in [4.78, 5) is -0.117. The first-order valence-electron chi connectivity index (χ1n) is 7.19. The molecule has 1 heteroatoms. The highest BCUT2D eigenvalue weighted by atomic mass is 35.5. The summed E-state index contributed by atoms with van der Waals surface area (Å²) in [5.74, 6) is 1.80. The zero-order valence-electron chi connectivity index (χ0n) is 10.6. The third-order valence-corrected chi connectivity index (χ3v) is 6.31. The Labute approximate surface area is 118 Å². The summed E-state index contributed by atoms with van der Waals surface area (Å²) >= 11 is 7.16. The molecule has 94 valence electrons. The molecule has 19 heavy (non-hydrogen) atoms. The van der Waals surface area contributed by atoms with Gasteiger partial charge in [0, 0.05) is 11.8 Å². The van der Waals surface area contributed by atoms with E-state index in [0.717, 1.165) is 0 Å². The van der Waals surface area contributed by atoms with Gasteiger partial charge in [-0.3, -0.25) is 0 Å². The van der Waals surface area contributed by atoms with Crippen molar-refractivity contribution in [2.45, 2.75) is 35.5 Å². The topological polar surface area (TPSA) is 0 Å². The lowest BCUT2D eigenvalue weighted by molar-refractivity contribution is 0.199. The highest BCUT2D eigenvalue weighted by Gasteiger charge is 2.63. The van der Waals surface area contributed by atoms with Gasteiger partial charge in [-0.1, -0.05) is 48.5 Å². The van der Waals surface area contributed by atoms with Crippen molar-refractivity contribution in [3.05, 3.63) is 70.8 Å². The van der Waals surface area contributed by atoms with Crippen LogP contribution >= 0.6 is 11.6 Å². The van der Waals surface area contributed by atoms with Crippen LogP contribution in [0.15, 0.2) is 48.5 Å². The first-order chi connectivity index (χ1) is 9.32. The normalized spacial score (nSPS) is 37.0. The fourth-order valence-electron chi connectivity index (χ4n) is 4.86. The Hall–Kier alpha value is -1.27. The van der Waals surface area contributed by atoms with Crippen LogP contribution in [0.5, 0.6) is 0 Å². The molecule has 1 fully saturated rings. The molecule has 0 radical (unpaired) electrons. The third kappa shape index (κ3) is 1.02. The average Bonchev–Trinajstić information content (AvgIpc) is 2.43. The van der Waals surface area contributed by atoms with E-state index in [0.29, 0.717) is 17.8 Å². The highest BCUT2D eigenvalue weighted by molar-refractivity contribution is 6.27. The predicted molar refractivity (Wildman–Crippen MR) is 77.9 cm³/mol. The molecule has 0 aromatic heterocycles. The van der Waals surface area contributed by atoms with Gasteiger partial charge in [-0.2, -0.15) is 0 Å². The average molecular weight is 267 g/mol. The molecule has 0 bridgehead atoms. The molecule has 2 aromatic rings. The van der Waals surface area contributed by atoms with E-state index in [2.05, 4.69) is 48.5 Å². The van der Waals surface area contributed by atoms with E-state index in [1.165, 1.54) is 29.5 Å². The first kappa shape index (κ1) is 10.5. The maximum atomic E-state index is 7.16. The van der Waals surface area contributed by atoms with Gasteiger partial charge in [-0.15, -0.1) is 11.6 Å². The smallest absolute Gasteiger partial charge is 0.0840 e. The Morgan fingerprint density at radius 2 is 1.53 bits per heavy atom. The van der Waals surface area contributed by atoms with Crippen molar-refractivity contribution < 1.29 is 0 Å². The largest absolute Gasteiger partial charge is 0.113 e. The molecule has 0 N–H and O–H groups in total. The second-order valence-electron chi connectivity index (χ2n) is 6.20. The fraction of sp³-hybridized carbons (Fsp3) is 0.333. The minimum atomic E-state index is -0.117. The Balaban J connectivity index is 1.72. The standard InChI is InChI=1S/C18H15Cl/c19-18-15-8-4-3-7-14(15)16(18)10-9-13-11-5-1-2-6-12(11)17(13)18/h1-8,13,16-17H,9-10H2. The number of hydrogen-bond donors (Lipinski definition) is 0. The van der Waals surface area contributed by atoms with Crippen LogP contribution in [0.3, 0.4) is 0 Å². The SMILES string of the molecule is ClC12c3ccccc3C1CCC1c3ccccc3C12. The number of halogens is 1. The highest BCUT2D eigenvalue weighted by Crippen LogP contribution is 2.73. The zero-order chi connectivity index (χ0) is 12.6. The van der Waals surface area contributed by atoms with Gasteiger partial charge in [-0.25, -0.2) is 0 Å². The Bertz CT molecular complexity index is 690. The molecule has 2 aromatic carbocycles. The lowest BCUT2D eigenvalue weighted by Gasteiger charge is -2.61. The van der Waals surface area contributed by atoms with Crippen LogP contribution in [0.4, 0.5) is 0 Å². The van der Waals surface area contributed by atoms with Crippen molar-refractivity contribution in [1.82, 2.24) is 0 Å². The number of benzene rings is 2. The number of hydrogen-bond acceptors (Lipinski definition) is 0. The summed E-state index contributed by atoms with van der Waals surface area (Å²) in [6, 6.07) is 17.7. The molecule has 4 unspecified atom stereocenters. The van der Waals surface area contributed by atoms with Crippen molar-refractivity contribution in [1.29, 1.82) is 0 Å². The van der Waals surface area contributed by atoms with Gasteiger partial charge >= 0.3 is 0 Å². The van der Waals surface area contributed by atoms with Gasteiger partial charge in [-0.05, 0) is 41.0 Å². The van der Waals surface area contributed by atoms with Crippen molar-refractivity contribution in [2.24, 2.45) is 0 Å². The van der Waals surface area contributed by atoms with Crippen LogP contribution < -0.4 is 0 Å². The van der Waals surface area contributed by atoms with E-state index in [4.69, 9.17) is 11.6 Å². The van der Waals surface area contributed by atoms with Crippen LogP contribution in [-0.2, 0) is 4.87 Å². The quantitative estimate of drug-likeness (QED) is 0.596. The minimum absolute atomic E-state index is 0.117. The van der Waals surface area contributed by atoms with E-state index in [1.807, 2.05) is 0 Å². The summed E-state index contributed by atoms with van der Waals surface area (Å²) in [7, 11) is 0. The molecule has 0 aliphatic heterocycles. The van der Waals surface area contributed by atoms with Crippen molar-refractivity contribution in [2.75, 3.05) is 0 Å². The minimum Gasteiger partial charge on any atom is -0.113 e. The van der Waals surface area contributed by atoms with Crippen molar-refractivity contribution in [3.8, 4) is 0 Å². The second kappa shape index (κ2) is 3.24. The zero-order valence-corrected chi connectivity index (χ0v) is 11.4. The van der Waals surface area contributed by atoms with E-state index in [9.17, 15) is 0 Å². The van der Waals surface area contributed by atoms with Crippen LogP contribution in [0, 0.1) is 0 Å². The second-order valence-corrected chi connectivity index (χ2v) is 6.82. The Kier molecular flexibility index (Phi) is 1.79. The lowest BCUT2D eigenvalue weighted by Crippen LogP contribution is -2.52. The maximum absolute atomic E-state index is 7.16. The number of fused-ring (bicyclic) bond motifs is 9. The molecule has 3 aliphatic carbocycles. The van der Waals surface area contributed by atoms with Crippen molar-refractivity contribution in [3.63, 3.8) is 0 Å². The summed E-state index contributed by atoms with van der Waals surface area (Å²) in [6.07, 6.45) is 2.55. The van der Waals surface area contributed by atoms with Crippen LogP contribution in [0.2, 0.25) is 0 Å². The molecular weight excluding hydrogens is 252 g/mol. The predicted octanol–water partition coefficient (Wildman–Crippen LogP) is 4.89. The molecule has 1 saturated carbocycles. The fourth-order valence-corrected chi connectivity index (χ4v) is 5.52. The van der Waals surface area contributed by atoms with Gasteiger partial charge < -0.3 is 0 Å². The molecule has 0 amide bonds. The van der Waals surface area contributed by atoms with Gasteiger partial charge in [0.2, 0.25) is 0 Å². The molecular formula is C18H15Cl. The van der Waals surface area contributed by atoms with E-state index >= 15 is 0 Å². The molecule has 0 nitrogen and oxygen atoms in total. The van der Waals surface area contributed by atoms with Gasteiger partial charge in [0.1, 0.15) is 0 Å². The molecule has 0 spiro atoms. The Morgan fingerprint density at radius 3 is 2.37 bits per heavy atom. The third-order valence-electron chi connectivity index (χ3n) is 5.61. The number of rotatable bonds is 0. The molecule has 3 aliphatic rings. The maximum Gasteiger partial charge on any atom is 0.0840 e. The summed E-state index contributed by atoms with van der Waals surface area (Å²) in [5.41, 5.74) is 5.95. The summed E-state index contributed by atoms with van der Waals surface area (Å²) in [5, 5.41) is 0. The van der Waals surface area contributed by atoms with Crippen LogP contribution in [0.25, 0.3) is 0 Å². The molecule has 5 rings (SSSR count). The Morgan fingerprint density at radius 1 is 0.842 bits per heavy atom. The monoisotopic (exact) mass is 266 g/mol. The summed E-state index contributed by atoms with van der Waals surface area (Å²) < 4.78 is 0. The van der Waals surface area contributed by atoms with Crippen LogP contribution in [-0.4, -0.2) is 0 Å². The lowest BCUT2D eigenvalue weighted by atomic mass is 9.46. The van der Waals surface area contributed by atoms with Gasteiger partial charge in [0.15, 0.2) is 0 Å². The first-order valence-corrected chi connectivity index (χ1v) is 7.56. The van der Waals surface area contributed by atoms with Crippen molar-refractivity contribution >= 4 is 11.6 Å². The van der Waals surface area contributed by atoms with E-state index in [-0.39, 0.29) is 4.87 Å². The molecule has 0 saturated heterocycles. The number of alkyl halides is 1. The molecule has 4 atom stereocenters. The summed E-state index contributed by atoms with van der Waals surface area (Å²) in [6.45, 7) is 0. The van der Waals surface area contributed by atoms with Crippen LogP contribution in [0.1, 0.15) is 52.8 Å². The van der Waals surface area contributed by atoms with Gasteiger partial charge in [0.05, 0.1) is 4.87 Å². The molecule has 0 heterocycles. The van der Waals surface area contributed by atoms with E-state index < -0.39 is 0 Å². The van der Waals surface area contributed by atoms with Gasteiger partial charge in [0.25, 0.3) is 0 Å². The van der Waals surface area contributed by atoms with E-state index in [1.54, 1.807) is 5.56 Å².